The van der Waals surface area contributed by atoms with E-state index in [0.717, 1.165) is 25.3 Å². The van der Waals surface area contributed by atoms with Gasteiger partial charge in [-0.05, 0) is 42.0 Å². The summed E-state index contributed by atoms with van der Waals surface area (Å²) in [5.74, 6) is 0.00904. The summed E-state index contributed by atoms with van der Waals surface area (Å²) in [4.78, 5) is 24.4. The number of imidazole rings is 1. The Kier molecular flexibility index (Phi) is 5.13. The topological polar surface area (TPSA) is 57.2 Å². The Bertz CT molecular complexity index is 959. The van der Waals surface area contributed by atoms with Gasteiger partial charge in [-0.3, -0.25) is 19.2 Å². The second-order valence-electron chi connectivity index (χ2n) is 6.57. The van der Waals surface area contributed by atoms with E-state index in [2.05, 4.69) is 14.9 Å². The van der Waals surface area contributed by atoms with Gasteiger partial charge in [0.25, 0.3) is 5.91 Å². The number of aromatic nitrogens is 3. The number of carbonyl (C=O) groups is 1. The first kappa shape index (κ1) is 17.6. The summed E-state index contributed by atoms with van der Waals surface area (Å²) in [6.07, 6.45) is 5.34. The maximum atomic E-state index is 13.1. The number of hydrogen-bond acceptors (Lipinski definition) is 4. The van der Waals surface area contributed by atoms with Gasteiger partial charge in [-0.1, -0.05) is 18.2 Å². The molecule has 0 atom stereocenters. The summed E-state index contributed by atoms with van der Waals surface area (Å²) in [6, 6.07) is 13.8. The summed E-state index contributed by atoms with van der Waals surface area (Å²) in [5.41, 5.74) is 2.71. The molecule has 3 heterocycles. The van der Waals surface area contributed by atoms with Crippen molar-refractivity contribution in [2.45, 2.75) is 6.54 Å². The minimum atomic E-state index is 0.00904. The first-order valence-corrected chi connectivity index (χ1v) is 9.39. The van der Waals surface area contributed by atoms with Crippen LogP contribution >= 0.6 is 12.2 Å². The Hall–Kier alpha value is -2.77. The number of pyridine rings is 1. The third kappa shape index (κ3) is 3.84. The van der Waals surface area contributed by atoms with Gasteiger partial charge in [-0.2, -0.15) is 0 Å². The zero-order valence-corrected chi connectivity index (χ0v) is 15.7. The van der Waals surface area contributed by atoms with Crippen LogP contribution in [0.25, 0.3) is 5.69 Å². The van der Waals surface area contributed by atoms with E-state index in [1.165, 1.54) is 5.56 Å². The van der Waals surface area contributed by atoms with Crippen molar-refractivity contribution < 1.29 is 4.79 Å². The quantitative estimate of drug-likeness (QED) is 0.708. The Morgan fingerprint density at radius 3 is 2.44 bits per heavy atom. The third-order valence-electron chi connectivity index (χ3n) is 4.82. The molecule has 7 heteroatoms. The number of benzene rings is 1. The van der Waals surface area contributed by atoms with Crippen LogP contribution in [0, 0.1) is 4.77 Å². The number of para-hydroxylation sites is 1. The maximum Gasteiger partial charge on any atom is 0.272 e. The van der Waals surface area contributed by atoms with Crippen molar-refractivity contribution in [1.29, 1.82) is 0 Å². The highest BCUT2D eigenvalue weighted by Gasteiger charge is 2.25. The van der Waals surface area contributed by atoms with E-state index in [-0.39, 0.29) is 5.91 Å². The summed E-state index contributed by atoms with van der Waals surface area (Å²) in [5, 5.41) is 0. The van der Waals surface area contributed by atoms with Crippen LogP contribution in [0.2, 0.25) is 0 Å². The molecule has 1 aliphatic rings. The average Bonchev–Trinajstić information content (AvgIpc) is 3.11. The predicted octanol–water partition coefficient (Wildman–Crippen LogP) is 2.89. The van der Waals surface area contributed by atoms with Crippen molar-refractivity contribution >= 4 is 18.1 Å². The summed E-state index contributed by atoms with van der Waals surface area (Å²) >= 11 is 5.39. The lowest BCUT2D eigenvalue weighted by Crippen LogP contribution is -2.48. The number of rotatable bonds is 4. The van der Waals surface area contributed by atoms with Gasteiger partial charge in [0.05, 0.1) is 0 Å². The summed E-state index contributed by atoms with van der Waals surface area (Å²) in [7, 11) is 0. The Balaban J connectivity index is 1.45. The Labute approximate surface area is 163 Å². The highest BCUT2D eigenvalue weighted by molar-refractivity contribution is 7.71. The zero-order valence-electron chi connectivity index (χ0n) is 14.9. The maximum absolute atomic E-state index is 13.1. The van der Waals surface area contributed by atoms with Crippen molar-refractivity contribution in [2.24, 2.45) is 0 Å². The highest BCUT2D eigenvalue weighted by atomic mass is 32.1. The van der Waals surface area contributed by atoms with Crippen LogP contribution in [0.3, 0.4) is 0 Å². The molecule has 0 radical (unpaired) electrons. The average molecular weight is 379 g/mol. The van der Waals surface area contributed by atoms with E-state index in [9.17, 15) is 4.79 Å². The largest absolute Gasteiger partial charge is 0.336 e. The molecule has 1 amide bonds. The number of H-pyrrole nitrogens is 1. The monoisotopic (exact) mass is 379 g/mol. The lowest BCUT2D eigenvalue weighted by atomic mass is 10.2. The Morgan fingerprint density at radius 1 is 1.04 bits per heavy atom. The zero-order chi connectivity index (χ0) is 18.6. The minimum absolute atomic E-state index is 0.00904. The first-order valence-electron chi connectivity index (χ1n) is 8.99. The van der Waals surface area contributed by atoms with Crippen molar-refractivity contribution in [1.82, 2.24) is 24.3 Å². The number of nitrogens with one attached hydrogen (secondary N) is 1. The van der Waals surface area contributed by atoms with Gasteiger partial charge in [-0.25, -0.2) is 0 Å². The smallest absolute Gasteiger partial charge is 0.272 e. The third-order valence-corrected chi connectivity index (χ3v) is 5.13. The van der Waals surface area contributed by atoms with E-state index < -0.39 is 0 Å². The molecule has 0 aliphatic carbocycles. The van der Waals surface area contributed by atoms with Crippen LogP contribution in [-0.2, 0) is 6.54 Å². The second kappa shape index (κ2) is 7.85. The van der Waals surface area contributed by atoms with Crippen LogP contribution in [0.1, 0.15) is 16.1 Å². The number of amides is 1. The number of aromatic amines is 1. The number of nitrogens with zero attached hydrogens (tertiary/aromatic N) is 4. The van der Waals surface area contributed by atoms with Crippen LogP contribution in [0.5, 0.6) is 0 Å². The van der Waals surface area contributed by atoms with Crippen molar-refractivity contribution in [3.05, 3.63) is 77.1 Å². The van der Waals surface area contributed by atoms with Crippen LogP contribution in [0.15, 0.2) is 61.1 Å². The number of carbonyl (C=O) groups excluding carboxylic acids is 1. The standard InChI is InChI=1S/C20H21N5OS/c26-19(18-14-22-20(27)25(18)17-4-2-1-3-5-17)24-12-10-23(11-13-24)15-16-6-8-21-9-7-16/h1-9,14H,10-13,15H2,(H,22,27). The molecule has 1 aliphatic heterocycles. The molecular formula is C20H21N5OS. The molecular weight excluding hydrogens is 358 g/mol. The van der Waals surface area contributed by atoms with E-state index in [0.29, 0.717) is 23.6 Å². The number of piperazine rings is 1. The van der Waals surface area contributed by atoms with Gasteiger partial charge in [0.15, 0.2) is 4.77 Å². The first-order chi connectivity index (χ1) is 13.2. The van der Waals surface area contributed by atoms with Crippen LogP contribution in [0.4, 0.5) is 0 Å². The molecule has 27 heavy (non-hydrogen) atoms. The highest BCUT2D eigenvalue weighted by Crippen LogP contribution is 2.16. The molecule has 4 rings (SSSR count). The molecule has 0 saturated carbocycles. The van der Waals surface area contributed by atoms with Crippen LogP contribution < -0.4 is 0 Å². The van der Waals surface area contributed by atoms with Crippen molar-refractivity contribution in [3.63, 3.8) is 0 Å². The van der Waals surface area contributed by atoms with Gasteiger partial charge in [0, 0.05) is 57.0 Å². The molecule has 0 spiro atoms. The Morgan fingerprint density at radius 2 is 1.74 bits per heavy atom. The van der Waals surface area contributed by atoms with E-state index >= 15 is 0 Å². The van der Waals surface area contributed by atoms with E-state index in [4.69, 9.17) is 12.2 Å². The summed E-state index contributed by atoms with van der Waals surface area (Å²) in [6.45, 7) is 4.00. The molecule has 1 saturated heterocycles. The molecule has 138 valence electrons. The van der Waals surface area contributed by atoms with Crippen molar-refractivity contribution in [3.8, 4) is 5.69 Å². The molecule has 1 fully saturated rings. The predicted molar refractivity (Wildman–Crippen MR) is 106 cm³/mol. The fourth-order valence-electron chi connectivity index (χ4n) is 3.38. The van der Waals surface area contributed by atoms with Gasteiger partial charge in [0.1, 0.15) is 5.69 Å². The van der Waals surface area contributed by atoms with Gasteiger partial charge < -0.3 is 9.88 Å². The molecule has 1 N–H and O–H groups in total. The normalized spacial score (nSPS) is 15.0. The molecule has 0 bridgehead atoms. The molecule has 6 nitrogen and oxygen atoms in total. The molecule has 2 aromatic heterocycles. The summed E-state index contributed by atoms with van der Waals surface area (Å²) < 4.78 is 2.34. The SMILES string of the molecule is O=C(c1c[nH]c(=S)n1-c1ccccc1)N1CCN(Cc2ccncc2)CC1. The lowest BCUT2D eigenvalue weighted by molar-refractivity contribution is 0.0620. The van der Waals surface area contributed by atoms with E-state index in [1.807, 2.05) is 59.8 Å². The van der Waals surface area contributed by atoms with Gasteiger partial charge in [0.2, 0.25) is 0 Å². The van der Waals surface area contributed by atoms with Gasteiger partial charge in [-0.15, -0.1) is 0 Å². The van der Waals surface area contributed by atoms with Crippen LogP contribution in [-0.4, -0.2) is 56.4 Å². The second-order valence-corrected chi connectivity index (χ2v) is 6.96. The molecule has 3 aromatic rings. The minimum Gasteiger partial charge on any atom is -0.336 e. The molecule has 1 aromatic carbocycles. The molecule has 0 unspecified atom stereocenters. The fourth-order valence-corrected chi connectivity index (χ4v) is 3.64. The van der Waals surface area contributed by atoms with E-state index in [1.54, 1.807) is 10.8 Å². The van der Waals surface area contributed by atoms with Gasteiger partial charge >= 0.3 is 0 Å². The van der Waals surface area contributed by atoms with Crippen molar-refractivity contribution in [2.75, 3.05) is 26.2 Å². The number of hydrogen-bond donors (Lipinski definition) is 1. The lowest BCUT2D eigenvalue weighted by Gasteiger charge is -2.34. The fraction of sp³-hybridized carbons (Fsp3) is 0.250.